The molecule has 5 rings (SSSR count). The molecule has 8 heteroatoms. The van der Waals surface area contributed by atoms with Gasteiger partial charge in [-0.05, 0) is 30.7 Å². The zero-order valence-corrected chi connectivity index (χ0v) is 18.3. The van der Waals surface area contributed by atoms with Gasteiger partial charge in [-0.25, -0.2) is 0 Å². The molecule has 1 amide bonds. The Balaban J connectivity index is 1.22. The second-order valence-corrected chi connectivity index (χ2v) is 8.62. The summed E-state index contributed by atoms with van der Waals surface area (Å²) in [6.07, 6.45) is 2.93. The maximum absolute atomic E-state index is 12.7. The highest BCUT2D eigenvalue weighted by molar-refractivity contribution is 5.94. The summed E-state index contributed by atoms with van der Waals surface area (Å²) in [4.78, 5) is 17.5. The number of benzene rings is 1. The molecule has 1 aromatic carbocycles. The third-order valence-corrected chi connectivity index (χ3v) is 6.39. The molecule has 0 radical (unpaired) electrons. The molecule has 0 saturated carbocycles. The van der Waals surface area contributed by atoms with E-state index in [1.54, 1.807) is 0 Å². The van der Waals surface area contributed by atoms with Crippen LogP contribution in [-0.4, -0.2) is 82.8 Å². The van der Waals surface area contributed by atoms with Gasteiger partial charge in [-0.2, -0.15) is 0 Å². The summed E-state index contributed by atoms with van der Waals surface area (Å²) in [6.45, 7) is 7.79. The summed E-state index contributed by atoms with van der Waals surface area (Å²) in [5.74, 6) is 1.20. The van der Waals surface area contributed by atoms with Crippen molar-refractivity contribution in [2.45, 2.75) is 18.9 Å². The molecule has 32 heavy (non-hydrogen) atoms. The molecule has 4 heterocycles. The number of morpholine rings is 1. The standard InChI is InChI=1S/C24H30N6O2/c31-24(25-9-11-28-12-14-32-15-13-28)21-6-7-22-26-27-23(30(22)18-21)20-8-10-29(17-20)16-19-4-2-1-3-5-19/h1-7,18,20H,8-17H2,(H,25,31). The van der Waals surface area contributed by atoms with Crippen LogP contribution in [0.4, 0.5) is 0 Å². The van der Waals surface area contributed by atoms with Crippen LogP contribution in [0.25, 0.3) is 5.65 Å². The predicted octanol–water partition coefficient (Wildman–Crippen LogP) is 1.78. The smallest absolute Gasteiger partial charge is 0.252 e. The third-order valence-electron chi connectivity index (χ3n) is 6.39. The summed E-state index contributed by atoms with van der Waals surface area (Å²) < 4.78 is 7.37. The lowest BCUT2D eigenvalue weighted by molar-refractivity contribution is 0.0383. The van der Waals surface area contributed by atoms with Gasteiger partial charge < -0.3 is 10.1 Å². The van der Waals surface area contributed by atoms with Crippen LogP contribution < -0.4 is 5.32 Å². The van der Waals surface area contributed by atoms with Crippen LogP contribution in [0, 0.1) is 0 Å². The van der Waals surface area contributed by atoms with Gasteiger partial charge >= 0.3 is 0 Å². The molecule has 1 N–H and O–H groups in total. The van der Waals surface area contributed by atoms with Crippen molar-refractivity contribution in [3.63, 3.8) is 0 Å². The minimum atomic E-state index is -0.0584. The molecule has 2 aliphatic heterocycles. The fourth-order valence-corrected chi connectivity index (χ4v) is 4.60. The number of fused-ring (bicyclic) bond motifs is 1. The van der Waals surface area contributed by atoms with Crippen LogP contribution in [0.5, 0.6) is 0 Å². The van der Waals surface area contributed by atoms with E-state index < -0.39 is 0 Å². The molecule has 0 spiro atoms. The highest BCUT2D eigenvalue weighted by Gasteiger charge is 2.28. The number of hydrogen-bond donors (Lipinski definition) is 1. The largest absolute Gasteiger partial charge is 0.379 e. The van der Waals surface area contributed by atoms with Crippen molar-refractivity contribution in [3.05, 3.63) is 65.6 Å². The van der Waals surface area contributed by atoms with Crippen molar-refractivity contribution in [1.29, 1.82) is 0 Å². The highest BCUT2D eigenvalue weighted by Crippen LogP contribution is 2.27. The first-order chi connectivity index (χ1) is 15.8. The number of likely N-dealkylation sites (tertiary alicyclic amines) is 1. The average molecular weight is 435 g/mol. The molecule has 2 saturated heterocycles. The Bertz CT molecular complexity index is 1050. The van der Waals surface area contributed by atoms with Gasteiger partial charge in [0, 0.05) is 51.4 Å². The minimum Gasteiger partial charge on any atom is -0.379 e. The van der Waals surface area contributed by atoms with E-state index in [0.717, 1.165) is 70.4 Å². The quantitative estimate of drug-likeness (QED) is 0.611. The van der Waals surface area contributed by atoms with Crippen molar-refractivity contribution in [3.8, 4) is 0 Å². The molecule has 1 unspecified atom stereocenters. The molecule has 8 nitrogen and oxygen atoms in total. The number of hydrogen-bond acceptors (Lipinski definition) is 6. The molecule has 1 atom stereocenters. The second-order valence-electron chi connectivity index (χ2n) is 8.62. The van der Waals surface area contributed by atoms with Crippen molar-refractivity contribution >= 4 is 11.6 Å². The van der Waals surface area contributed by atoms with Crippen LogP contribution in [-0.2, 0) is 11.3 Å². The predicted molar refractivity (Wildman–Crippen MR) is 122 cm³/mol. The lowest BCUT2D eigenvalue weighted by atomic mass is 10.1. The highest BCUT2D eigenvalue weighted by atomic mass is 16.5. The van der Waals surface area contributed by atoms with Gasteiger partial charge in [0.15, 0.2) is 5.65 Å². The Morgan fingerprint density at radius 1 is 1.03 bits per heavy atom. The molecule has 168 valence electrons. The number of carbonyl (C=O) groups is 1. The van der Waals surface area contributed by atoms with Crippen LogP contribution in [0.2, 0.25) is 0 Å². The molecule has 0 aliphatic carbocycles. The van der Waals surface area contributed by atoms with E-state index in [0.29, 0.717) is 18.0 Å². The molecular formula is C24H30N6O2. The Morgan fingerprint density at radius 3 is 2.72 bits per heavy atom. The first-order valence-corrected chi connectivity index (χ1v) is 11.5. The summed E-state index contributed by atoms with van der Waals surface area (Å²) >= 11 is 0. The van der Waals surface area contributed by atoms with Crippen molar-refractivity contribution in [2.24, 2.45) is 0 Å². The Labute approximate surface area is 188 Å². The number of carbonyl (C=O) groups excluding carboxylic acids is 1. The first-order valence-electron chi connectivity index (χ1n) is 11.5. The fraction of sp³-hybridized carbons (Fsp3) is 0.458. The monoisotopic (exact) mass is 434 g/mol. The summed E-state index contributed by atoms with van der Waals surface area (Å²) in [5.41, 5.74) is 2.75. The van der Waals surface area contributed by atoms with Crippen LogP contribution in [0.15, 0.2) is 48.7 Å². The van der Waals surface area contributed by atoms with Gasteiger partial charge in [0.05, 0.1) is 18.8 Å². The van der Waals surface area contributed by atoms with E-state index in [-0.39, 0.29) is 5.91 Å². The van der Waals surface area contributed by atoms with E-state index >= 15 is 0 Å². The van der Waals surface area contributed by atoms with E-state index in [1.165, 1.54) is 5.56 Å². The second kappa shape index (κ2) is 9.77. The Morgan fingerprint density at radius 2 is 1.88 bits per heavy atom. The molecule has 3 aromatic rings. The number of pyridine rings is 1. The zero-order chi connectivity index (χ0) is 21.8. The summed E-state index contributed by atoms with van der Waals surface area (Å²) in [6, 6.07) is 14.3. The van der Waals surface area contributed by atoms with Crippen molar-refractivity contribution < 1.29 is 9.53 Å². The molecule has 2 fully saturated rings. The molecular weight excluding hydrogens is 404 g/mol. The van der Waals surface area contributed by atoms with Gasteiger partial charge in [0.1, 0.15) is 5.82 Å². The number of aromatic nitrogens is 3. The van der Waals surface area contributed by atoms with Crippen molar-refractivity contribution in [1.82, 2.24) is 29.7 Å². The number of ether oxygens (including phenoxy) is 1. The lowest BCUT2D eigenvalue weighted by Crippen LogP contribution is -2.41. The number of nitrogens with one attached hydrogen (secondary N) is 1. The third kappa shape index (κ3) is 4.82. The van der Waals surface area contributed by atoms with Crippen LogP contribution in [0.3, 0.4) is 0 Å². The first kappa shape index (κ1) is 21.1. The number of nitrogens with zero attached hydrogens (tertiary/aromatic N) is 5. The minimum absolute atomic E-state index is 0.0584. The van der Waals surface area contributed by atoms with Crippen LogP contribution in [0.1, 0.15) is 34.1 Å². The number of amides is 1. The molecule has 0 bridgehead atoms. The lowest BCUT2D eigenvalue weighted by Gasteiger charge is -2.26. The SMILES string of the molecule is O=C(NCCN1CCOCC1)c1ccc2nnc(C3CCN(Cc4ccccc4)C3)n2c1. The Hall–Kier alpha value is -2.81. The van der Waals surface area contributed by atoms with Crippen molar-refractivity contribution in [2.75, 3.05) is 52.5 Å². The fourth-order valence-electron chi connectivity index (χ4n) is 4.60. The molecule has 2 aliphatic rings. The normalized spacial score (nSPS) is 20.1. The van der Waals surface area contributed by atoms with Gasteiger partial charge in [0.2, 0.25) is 0 Å². The maximum atomic E-state index is 12.7. The van der Waals surface area contributed by atoms with E-state index in [9.17, 15) is 4.79 Å². The number of rotatable bonds is 7. The van der Waals surface area contributed by atoms with Gasteiger partial charge in [-0.3, -0.25) is 19.0 Å². The van der Waals surface area contributed by atoms with Gasteiger partial charge in [-0.1, -0.05) is 30.3 Å². The zero-order valence-electron chi connectivity index (χ0n) is 18.3. The molecule has 2 aromatic heterocycles. The van der Waals surface area contributed by atoms with E-state index in [2.05, 4.69) is 55.6 Å². The maximum Gasteiger partial charge on any atom is 0.252 e. The topological polar surface area (TPSA) is 75.0 Å². The van der Waals surface area contributed by atoms with E-state index in [4.69, 9.17) is 4.74 Å². The summed E-state index contributed by atoms with van der Waals surface area (Å²) in [7, 11) is 0. The van der Waals surface area contributed by atoms with Gasteiger partial charge in [0.25, 0.3) is 5.91 Å². The van der Waals surface area contributed by atoms with E-state index in [1.807, 2.05) is 22.7 Å². The Kier molecular flexibility index (Phi) is 6.43. The summed E-state index contributed by atoms with van der Waals surface area (Å²) in [5, 5.41) is 11.9. The van der Waals surface area contributed by atoms with Gasteiger partial charge in [-0.15, -0.1) is 10.2 Å². The van der Waals surface area contributed by atoms with Crippen LogP contribution >= 0.6 is 0 Å². The average Bonchev–Trinajstić information content (AvgIpc) is 3.46.